The van der Waals surface area contributed by atoms with Gasteiger partial charge in [-0.2, -0.15) is 0 Å². The molecule has 2 N–H and O–H groups in total. The summed E-state index contributed by atoms with van der Waals surface area (Å²) < 4.78 is 0. The number of rotatable bonds is 6. The fourth-order valence-corrected chi connectivity index (χ4v) is 3.19. The van der Waals surface area contributed by atoms with Crippen molar-refractivity contribution in [2.45, 2.75) is 26.3 Å². The van der Waals surface area contributed by atoms with Crippen molar-refractivity contribution in [2.75, 3.05) is 16.8 Å². The van der Waals surface area contributed by atoms with Gasteiger partial charge in [-0.05, 0) is 30.2 Å². The van der Waals surface area contributed by atoms with Gasteiger partial charge >= 0.3 is 0 Å². The minimum absolute atomic E-state index is 0.0922. The molecule has 1 aliphatic rings. The Balaban J connectivity index is 1.64. The molecule has 1 aromatic heterocycles. The summed E-state index contributed by atoms with van der Waals surface area (Å²) in [5, 5.41) is 5.53. The average Bonchev–Trinajstić information content (AvgIpc) is 3.09. The Kier molecular flexibility index (Phi) is 6.03. The maximum atomic E-state index is 12.8. The van der Waals surface area contributed by atoms with Crippen molar-refractivity contribution < 1.29 is 14.4 Å². The molecule has 3 rings (SSSR count). The molecule has 2 atom stereocenters. The predicted molar refractivity (Wildman–Crippen MR) is 107 cm³/mol. The van der Waals surface area contributed by atoms with Crippen LogP contribution >= 0.6 is 0 Å². The van der Waals surface area contributed by atoms with Crippen LogP contribution in [0.25, 0.3) is 0 Å². The maximum absolute atomic E-state index is 12.8. The third-order valence-corrected chi connectivity index (χ3v) is 4.73. The zero-order chi connectivity index (χ0) is 20.1. The molecule has 7 nitrogen and oxygen atoms in total. The first-order valence-corrected chi connectivity index (χ1v) is 9.33. The summed E-state index contributed by atoms with van der Waals surface area (Å²) in [5.74, 6) is -0.886. The molecule has 7 heteroatoms. The van der Waals surface area contributed by atoms with Gasteiger partial charge in [-0.15, -0.1) is 0 Å². The molecule has 0 unspecified atom stereocenters. The summed E-state index contributed by atoms with van der Waals surface area (Å²) in [4.78, 5) is 43.4. The summed E-state index contributed by atoms with van der Waals surface area (Å²) in [7, 11) is 0. The van der Waals surface area contributed by atoms with Gasteiger partial charge in [0.05, 0.1) is 5.92 Å². The molecule has 0 spiro atoms. The van der Waals surface area contributed by atoms with Gasteiger partial charge in [-0.1, -0.05) is 38.1 Å². The highest BCUT2D eigenvalue weighted by atomic mass is 16.2. The molecule has 1 aliphatic heterocycles. The van der Waals surface area contributed by atoms with Crippen molar-refractivity contribution in [3.63, 3.8) is 0 Å². The van der Waals surface area contributed by atoms with Crippen LogP contribution < -0.4 is 15.5 Å². The van der Waals surface area contributed by atoms with E-state index in [1.807, 2.05) is 44.2 Å². The van der Waals surface area contributed by atoms with Gasteiger partial charge in [-0.25, -0.2) is 4.98 Å². The lowest BCUT2D eigenvalue weighted by Crippen LogP contribution is -2.49. The Morgan fingerprint density at radius 2 is 1.82 bits per heavy atom. The summed E-state index contributed by atoms with van der Waals surface area (Å²) in [5.41, 5.74) is 0.774. The molecule has 1 aromatic carbocycles. The number of benzene rings is 1. The van der Waals surface area contributed by atoms with Crippen LogP contribution in [0.2, 0.25) is 0 Å². The Morgan fingerprint density at radius 3 is 2.46 bits per heavy atom. The minimum atomic E-state index is -0.713. The minimum Gasteiger partial charge on any atom is -0.344 e. The van der Waals surface area contributed by atoms with Gasteiger partial charge in [0.2, 0.25) is 17.7 Å². The Labute approximate surface area is 164 Å². The van der Waals surface area contributed by atoms with E-state index in [-0.39, 0.29) is 30.1 Å². The van der Waals surface area contributed by atoms with Gasteiger partial charge in [0.1, 0.15) is 11.9 Å². The highest BCUT2D eigenvalue weighted by Crippen LogP contribution is 2.25. The Bertz CT molecular complexity index is 839. The second kappa shape index (κ2) is 8.65. The second-order valence-corrected chi connectivity index (χ2v) is 7.18. The summed E-state index contributed by atoms with van der Waals surface area (Å²) in [6.07, 6.45) is 1.72. The molecule has 146 valence electrons. The monoisotopic (exact) mass is 380 g/mol. The van der Waals surface area contributed by atoms with E-state index < -0.39 is 12.0 Å². The molecule has 0 saturated carbocycles. The molecule has 3 amide bonds. The highest BCUT2D eigenvalue weighted by Gasteiger charge is 2.37. The van der Waals surface area contributed by atoms with E-state index in [0.717, 1.165) is 5.69 Å². The fraction of sp³-hybridized carbons (Fsp3) is 0.333. The largest absolute Gasteiger partial charge is 0.344 e. The molecule has 2 heterocycles. The molecule has 1 fully saturated rings. The molecule has 2 aromatic rings. The number of carbonyl (C=O) groups excluding carboxylic acids is 3. The van der Waals surface area contributed by atoms with Crippen LogP contribution in [-0.4, -0.2) is 35.3 Å². The van der Waals surface area contributed by atoms with E-state index >= 15 is 0 Å². The number of nitrogens with zero attached hydrogens (tertiary/aromatic N) is 2. The third-order valence-electron chi connectivity index (χ3n) is 4.73. The van der Waals surface area contributed by atoms with E-state index in [1.54, 1.807) is 29.3 Å². The van der Waals surface area contributed by atoms with E-state index in [2.05, 4.69) is 15.6 Å². The van der Waals surface area contributed by atoms with Crippen molar-refractivity contribution in [1.82, 2.24) is 10.3 Å². The normalized spacial score (nSPS) is 17.5. The summed E-state index contributed by atoms with van der Waals surface area (Å²) in [6.45, 7) is 4.03. The number of amides is 3. The molecule has 28 heavy (non-hydrogen) atoms. The second-order valence-electron chi connectivity index (χ2n) is 7.18. The van der Waals surface area contributed by atoms with Crippen LogP contribution in [0.3, 0.4) is 0 Å². The molecular weight excluding hydrogens is 356 g/mol. The number of carbonyl (C=O) groups is 3. The topological polar surface area (TPSA) is 91.4 Å². The van der Waals surface area contributed by atoms with Crippen LogP contribution in [0.5, 0.6) is 0 Å². The summed E-state index contributed by atoms with van der Waals surface area (Å²) in [6, 6.07) is 13.8. The lowest BCUT2D eigenvalue weighted by molar-refractivity contribution is -0.130. The van der Waals surface area contributed by atoms with Crippen molar-refractivity contribution in [3.8, 4) is 0 Å². The zero-order valence-corrected chi connectivity index (χ0v) is 16.0. The van der Waals surface area contributed by atoms with Crippen molar-refractivity contribution in [2.24, 2.45) is 11.8 Å². The summed E-state index contributed by atoms with van der Waals surface area (Å²) >= 11 is 0. The first kappa shape index (κ1) is 19.5. The number of pyridine rings is 1. The first-order valence-electron chi connectivity index (χ1n) is 9.33. The smallest absolute Gasteiger partial charge is 0.248 e. The SMILES string of the molecule is CC(C)[C@H](NC(=O)[C@H]1CC(=O)N(c2ccccc2)C1)C(=O)Nc1ccccn1. The number of nitrogens with one attached hydrogen (secondary N) is 2. The fourth-order valence-electron chi connectivity index (χ4n) is 3.19. The van der Waals surface area contributed by atoms with E-state index in [9.17, 15) is 14.4 Å². The number of hydrogen-bond acceptors (Lipinski definition) is 4. The number of aromatic nitrogens is 1. The average molecular weight is 380 g/mol. The molecule has 1 saturated heterocycles. The van der Waals surface area contributed by atoms with Gasteiger partial charge in [0, 0.05) is 24.8 Å². The van der Waals surface area contributed by atoms with Gasteiger partial charge in [0.15, 0.2) is 0 Å². The first-order chi connectivity index (χ1) is 13.5. The number of para-hydroxylation sites is 1. The quantitative estimate of drug-likeness (QED) is 0.804. The third kappa shape index (κ3) is 4.54. The van der Waals surface area contributed by atoms with Crippen molar-refractivity contribution in [3.05, 3.63) is 54.7 Å². The molecule has 0 radical (unpaired) electrons. The van der Waals surface area contributed by atoms with E-state index in [4.69, 9.17) is 0 Å². The lowest BCUT2D eigenvalue weighted by Gasteiger charge is -2.23. The van der Waals surface area contributed by atoms with Crippen molar-refractivity contribution >= 4 is 29.2 Å². The van der Waals surface area contributed by atoms with Crippen LogP contribution in [-0.2, 0) is 14.4 Å². The highest BCUT2D eigenvalue weighted by molar-refractivity contribution is 6.02. The van der Waals surface area contributed by atoms with E-state index in [0.29, 0.717) is 12.4 Å². The Hall–Kier alpha value is -3.22. The Morgan fingerprint density at radius 1 is 1.11 bits per heavy atom. The van der Waals surface area contributed by atoms with E-state index in [1.165, 1.54) is 0 Å². The predicted octanol–water partition coefficient (Wildman–Crippen LogP) is 2.21. The van der Waals surface area contributed by atoms with Gasteiger partial charge in [0.25, 0.3) is 0 Å². The maximum Gasteiger partial charge on any atom is 0.248 e. The van der Waals surface area contributed by atoms with Crippen LogP contribution in [0, 0.1) is 11.8 Å². The van der Waals surface area contributed by atoms with Crippen LogP contribution in [0.1, 0.15) is 20.3 Å². The molecule has 0 bridgehead atoms. The van der Waals surface area contributed by atoms with Crippen molar-refractivity contribution in [1.29, 1.82) is 0 Å². The van der Waals surface area contributed by atoms with Gasteiger partial charge in [-0.3, -0.25) is 14.4 Å². The number of anilines is 2. The molecular formula is C21H24N4O3. The standard InChI is InChI=1S/C21H24N4O3/c1-14(2)19(21(28)23-17-10-6-7-11-22-17)24-20(27)15-12-18(26)25(13-15)16-8-4-3-5-9-16/h3-11,14-15,19H,12-13H2,1-2H3,(H,24,27)(H,22,23,28)/t15-,19-/m0/s1. The van der Waals surface area contributed by atoms with Crippen LogP contribution in [0.4, 0.5) is 11.5 Å². The molecule has 0 aliphatic carbocycles. The van der Waals surface area contributed by atoms with Crippen LogP contribution in [0.15, 0.2) is 54.7 Å². The number of hydrogen-bond donors (Lipinski definition) is 2. The zero-order valence-electron chi connectivity index (χ0n) is 16.0. The van der Waals surface area contributed by atoms with Gasteiger partial charge < -0.3 is 15.5 Å². The lowest BCUT2D eigenvalue weighted by atomic mass is 10.0.